The van der Waals surface area contributed by atoms with E-state index in [0.717, 1.165) is 10.5 Å². The van der Waals surface area contributed by atoms with Crippen LogP contribution in [0.2, 0.25) is 0 Å². The number of carbonyl (C=O) groups excluding carboxylic acids is 1. The van der Waals surface area contributed by atoms with Gasteiger partial charge in [0.1, 0.15) is 0 Å². The third-order valence-corrected chi connectivity index (χ3v) is 2.85. The summed E-state index contributed by atoms with van der Waals surface area (Å²) in [5, 5.41) is 8.42. The second-order valence-electron chi connectivity index (χ2n) is 3.49. The number of carbonyl (C=O) groups is 1. The third-order valence-electron chi connectivity index (χ3n) is 1.97. The van der Waals surface area contributed by atoms with E-state index < -0.39 is 0 Å². The van der Waals surface area contributed by atoms with Gasteiger partial charge >= 0.3 is 0 Å². The first-order valence-corrected chi connectivity index (χ1v) is 5.77. The van der Waals surface area contributed by atoms with Crippen molar-refractivity contribution in [3.8, 4) is 6.07 Å². The predicted octanol–water partition coefficient (Wildman–Crippen LogP) is 3.14. The van der Waals surface area contributed by atoms with Crippen LogP contribution < -0.4 is 0 Å². The summed E-state index contributed by atoms with van der Waals surface area (Å²) in [6.07, 6.45) is 0. The number of hydrogen-bond acceptors (Lipinski definition) is 3. The highest BCUT2D eigenvalue weighted by Gasteiger charge is 2.09. The van der Waals surface area contributed by atoms with Crippen LogP contribution in [0.5, 0.6) is 0 Å². The summed E-state index contributed by atoms with van der Waals surface area (Å²) >= 11 is 1.48. The molecule has 0 radical (unpaired) electrons. The van der Waals surface area contributed by atoms with E-state index in [2.05, 4.69) is 6.07 Å². The van der Waals surface area contributed by atoms with Gasteiger partial charge in [0.2, 0.25) is 0 Å². The van der Waals surface area contributed by atoms with Crippen molar-refractivity contribution in [3.63, 3.8) is 0 Å². The van der Waals surface area contributed by atoms with Crippen molar-refractivity contribution in [1.82, 2.24) is 0 Å². The third kappa shape index (κ3) is 3.41. The molecule has 0 atom stereocenters. The number of ketones is 1. The molecule has 0 aromatic heterocycles. The first-order chi connectivity index (χ1) is 7.15. The van der Waals surface area contributed by atoms with Crippen LogP contribution in [0, 0.1) is 17.2 Å². The molecule has 78 valence electrons. The first kappa shape index (κ1) is 11.8. The van der Waals surface area contributed by atoms with Crippen LogP contribution in [0.15, 0.2) is 29.2 Å². The molecule has 0 unspecified atom stereocenters. The molecule has 0 N–H and O–H groups in total. The summed E-state index contributed by atoms with van der Waals surface area (Å²) in [4.78, 5) is 12.6. The molecule has 0 fully saturated rings. The monoisotopic (exact) mass is 219 g/mol. The Morgan fingerprint density at radius 3 is 2.47 bits per heavy atom. The van der Waals surface area contributed by atoms with Gasteiger partial charge in [-0.2, -0.15) is 5.26 Å². The van der Waals surface area contributed by atoms with Crippen molar-refractivity contribution in [2.45, 2.75) is 18.7 Å². The van der Waals surface area contributed by atoms with Crippen molar-refractivity contribution in [3.05, 3.63) is 29.8 Å². The van der Waals surface area contributed by atoms with E-state index in [9.17, 15) is 4.79 Å². The molecule has 0 heterocycles. The van der Waals surface area contributed by atoms with Crippen LogP contribution in [0.25, 0.3) is 0 Å². The normalized spacial score (nSPS) is 10.0. The molecule has 1 rings (SSSR count). The van der Waals surface area contributed by atoms with E-state index in [1.165, 1.54) is 11.8 Å². The minimum Gasteiger partial charge on any atom is -0.294 e. The second-order valence-corrected chi connectivity index (χ2v) is 4.54. The van der Waals surface area contributed by atoms with E-state index in [0.29, 0.717) is 5.75 Å². The van der Waals surface area contributed by atoms with E-state index in [4.69, 9.17) is 5.26 Å². The van der Waals surface area contributed by atoms with Gasteiger partial charge in [0, 0.05) is 16.4 Å². The van der Waals surface area contributed by atoms with Gasteiger partial charge in [-0.3, -0.25) is 4.79 Å². The molecule has 0 spiro atoms. The number of hydrogen-bond donors (Lipinski definition) is 0. The topological polar surface area (TPSA) is 40.9 Å². The molecule has 0 saturated heterocycles. The fourth-order valence-electron chi connectivity index (χ4n) is 1.16. The highest BCUT2D eigenvalue weighted by atomic mass is 32.2. The van der Waals surface area contributed by atoms with Crippen molar-refractivity contribution in [2.24, 2.45) is 5.92 Å². The molecule has 2 nitrogen and oxygen atoms in total. The van der Waals surface area contributed by atoms with Crippen molar-refractivity contribution in [2.75, 3.05) is 5.75 Å². The maximum absolute atomic E-state index is 11.6. The van der Waals surface area contributed by atoms with Gasteiger partial charge in [-0.05, 0) is 12.1 Å². The van der Waals surface area contributed by atoms with Gasteiger partial charge in [-0.15, -0.1) is 11.8 Å². The molecule has 0 aliphatic heterocycles. The average molecular weight is 219 g/mol. The van der Waals surface area contributed by atoms with Crippen LogP contribution in [0.4, 0.5) is 0 Å². The van der Waals surface area contributed by atoms with E-state index >= 15 is 0 Å². The molecule has 3 heteroatoms. The molecule has 15 heavy (non-hydrogen) atoms. The fourth-order valence-corrected chi connectivity index (χ4v) is 1.72. The Kier molecular flexibility index (Phi) is 4.38. The van der Waals surface area contributed by atoms with Crippen molar-refractivity contribution < 1.29 is 4.79 Å². The number of nitriles is 1. The second kappa shape index (κ2) is 5.57. The van der Waals surface area contributed by atoms with Crippen LogP contribution >= 0.6 is 11.8 Å². The smallest absolute Gasteiger partial charge is 0.165 e. The van der Waals surface area contributed by atoms with E-state index in [1.54, 1.807) is 0 Å². The molecule has 0 saturated carbocycles. The first-order valence-electron chi connectivity index (χ1n) is 4.79. The lowest BCUT2D eigenvalue weighted by Crippen LogP contribution is -2.06. The standard InChI is InChI=1S/C12H13NOS/c1-9(2)12(14)10-3-5-11(6-4-10)15-8-7-13/h3-6,9H,8H2,1-2H3. The predicted molar refractivity (Wildman–Crippen MR) is 61.9 cm³/mol. The molecule has 0 aliphatic rings. The number of thioether (sulfide) groups is 1. The lowest BCUT2D eigenvalue weighted by atomic mass is 10.0. The van der Waals surface area contributed by atoms with Gasteiger partial charge in [0.05, 0.1) is 11.8 Å². The SMILES string of the molecule is CC(C)C(=O)c1ccc(SCC#N)cc1. The Bertz CT molecular complexity index is 376. The molecule has 0 bridgehead atoms. The number of nitrogens with zero attached hydrogens (tertiary/aromatic N) is 1. The molecule has 0 aliphatic carbocycles. The Labute approximate surface area is 94.3 Å². The van der Waals surface area contributed by atoms with Gasteiger partial charge in [-0.1, -0.05) is 26.0 Å². The molecule has 1 aromatic rings. The number of benzene rings is 1. The summed E-state index contributed by atoms with van der Waals surface area (Å²) in [5.74, 6) is 0.631. The summed E-state index contributed by atoms with van der Waals surface area (Å²) in [5.41, 5.74) is 0.742. The van der Waals surface area contributed by atoms with Crippen LogP contribution in [0.3, 0.4) is 0 Å². The molecule has 0 amide bonds. The zero-order valence-electron chi connectivity index (χ0n) is 8.86. The summed E-state index contributed by atoms with van der Waals surface area (Å²) in [6, 6.07) is 9.48. The van der Waals surface area contributed by atoms with E-state index in [-0.39, 0.29) is 11.7 Å². The van der Waals surface area contributed by atoms with Crippen LogP contribution in [-0.4, -0.2) is 11.5 Å². The van der Waals surface area contributed by atoms with Gasteiger partial charge in [-0.25, -0.2) is 0 Å². The zero-order chi connectivity index (χ0) is 11.3. The highest BCUT2D eigenvalue weighted by molar-refractivity contribution is 7.99. The van der Waals surface area contributed by atoms with Crippen molar-refractivity contribution >= 4 is 17.5 Å². The minimum absolute atomic E-state index is 0.0302. The van der Waals surface area contributed by atoms with Crippen molar-refractivity contribution in [1.29, 1.82) is 5.26 Å². The molecular weight excluding hydrogens is 206 g/mol. The maximum Gasteiger partial charge on any atom is 0.165 e. The van der Waals surface area contributed by atoms with Crippen LogP contribution in [-0.2, 0) is 0 Å². The van der Waals surface area contributed by atoms with Gasteiger partial charge in [0.25, 0.3) is 0 Å². The lowest BCUT2D eigenvalue weighted by Gasteiger charge is -2.04. The lowest BCUT2D eigenvalue weighted by molar-refractivity contribution is 0.0939. The van der Waals surface area contributed by atoms with E-state index in [1.807, 2.05) is 38.1 Å². The largest absolute Gasteiger partial charge is 0.294 e. The van der Waals surface area contributed by atoms with Gasteiger partial charge < -0.3 is 0 Å². The average Bonchev–Trinajstić information content (AvgIpc) is 2.26. The Balaban J connectivity index is 2.73. The highest BCUT2D eigenvalue weighted by Crippen LogP contribution is 2.18. The summed E-state index contributed by atoms with van der Waals surface area (Å²) in [6.45, 7) is 3.78. The molecule has 1 aromatic carbocycles. The Hall–Kier alpha value is -1.27. The quantitative estimate of drug-likeness (QED) is 0.577. The zero-order valence-corrected chi connectivity index (χ0v) is 9.67. The summed E-state index contributed by atoms with van der Waals surface area (Å²) < 4.78 is 0. The Morgan fingerprint density at radius 2 is 2.00 bits per heavy atom. The Morgan fingerprint density at radius 1 is 1.40 bits per heavy atom. The fraction of sp³-hybridized carbons (Fsp3) is 0.333. The maximum atomic E-state index is 11.6. The summed E-state index contributed by atoms with van der Waals surface area (Å²) in [7, 11) is 0. The van der Waals surface area contributed by atoms with Gasteiger partial charge in [0.15, 0.2) is 5.78 Å². The molecular formula is C12H13NOS. The minimum atomic E-state index is 0.0302. The number of rotatable bonds is 4. The number of Topliss-reactive ketones (excluding diaryl/α,β-unsaturated/α-hetero) is 1. The van der Waals surface area contributed by atoms with Crippen LogP contribution in [0.1, 0.15) is 24.2 Å².